The highest BCUT2D eigenvalue weighted by molar-refractivity contribution is 6.11. The topological polar surface area (TPSA) is 28.7 Å². The van der Waals surface area contributed by atoms with E-state index in [1.54, 1.807) is 0 Å². The molecule has 2 nitrogen and oxygen atoms in total. The van der Waals surface area contributed by atoms with E-state index < -0.39 is 0 Å². The lowest BCUT2D eigenvalue weighted by atomic mass is 10.1. The lowest BCUT2D eigenvalue weighted by Crippen LogP contribution is -1.94. The van der Waals surface area contributed by atoms with Crippen LogP contribution in [0.3, 0.4) is 0 Å². The molecule has 22 heavy (non-hydrogen) atoms. The van der Waals surface area contributed by atoms with Gasteiger partial charge < -0.3 is 4.57 Å². The predicted octanol–water partition coefficient (Wildman–Crippen LogP) is 4.96. The summed E-state index contributed by atoms with van der Waals surface area (Å²) in [6.45, 7) is 2.10. The first-order valence-corrected chi connectivity index (χ1v) is 7.29. The second kappa shape index (κ2) is 4.75. The van der Waals surface area contributed by atoms with Crippen LogP contribution in [0.5, 0.6) is 0 Å². The van der Waals surface area contributed by atoms with Gasteiger partial charge in [0.2, 0.25) is 0 Å². The number of benzene rings is 3. The monoisotopic (exact) mass is 282 g/mol. The molecule has 0 unspecified atom stereocenters. The molecule has 104 valence electrons. The zero-order valence-electron chi connectivity index (χ0n) is 12.2. The van der Waals surface area contributed by atoms with Crippen molar-refractivity contribution >= 4 is 21.8 Å². The van der Waals surface area contributed by atoms with Gasteiger partial charge in [0, 0.05) is 16.5 Å². The number of fused-ring (bicyclic) bond motifs is 3. The first kappa shape index (κ1) is 12.7. The van der Waals surface area contributed by atoms with Gasteiger partial charge in [-0.3, -0.25) is 0 Å². The highest BCUT2D eigenvalue weighted by atomic mass is 15.0. The third-order valence-electron chi connectivity index (χ3n) is 4.08. The van der Waals surface area contributed by atoms with Crippen LogP contribution in [0.4, 0.5) is 0 Å². The summed E-state index contributed by atoms with van der Waals surface area (Å²) in [7, 11) is 0. The van der Waals surface area contributed by atoms with E-state index in [1.165, 1.54) is 5.56 Å². The molecule has 0 aliphatic rings. The van der Waals surface area contributed by atoms with E-state index >= 15 is 0 Å². The number of aromatic nitrogens is 1. The average molecular weight is 282 g/mol. The summed E-state index contributed by atoms with van der Waals surface area (Å²) in [5.41, 5.74) is 5.28. The van der Waals surface area contributed by atoms with Gasteiger partial charge in [-0.2, -0.15) is 5.26 Å². The summed E-state index contributed by atoms with van der Waals surface area (Å²) in [5, 5.41) is 11.6. The van der Waals surface area contributed by atoms with Crippen molar-refractivity contribution in [1.29, 1.82) is 5.26 Å². The largest absolute Gasteiger partial charge is 0.309 e. The highest BCUT2D eigenvalue weighted by Gasteiger charge is 2.14. The molecule has 0 N–H and O–H groups in total. The Balaban J connectivity index is 2.24. The highest BCUT2D eigenvalue weighted by Crippen LogP contribution is 2.33. The van der Waals surface area contributed by atoms with E-state index in [1.807, 2.05) is 24.3 Å². The number of aryl methyl sites for hydroxylation is 1. The Morgan fingerprint density at radius 2 is 1.64 bits per heavy atom. The summed E-state index contributed by atoms with van der Waals surface area (Å²) < 4.78 is 2.23. The number of para-hydroxylation sites is 1. The van der Waals surface area contributed by atoms with Crippen LogP contribution in [0.15, 0.2) is 66.7 Å². The first-order valence-electron chi connectivity index (χ1n) is 7.29. The van der Waals surface area contributed by atoms with Crippen LogP contribution in [-0.2, 0) is 0 Å². The maximum atomic E-state index is 9.46. The number of nitriles is 1. The van der Waals surface area contributed by atoms with E-state index in [2.05, 4.69) is 60.0 Å². The molecule has 0 atom stereocenters. The number of nitrogens with zero attached hydrogens (tertiary/aromatic N) is 2. The second-order valence-corrected chi connectivity index (χ2v) is 5.50. The van der Waals surface area contributed by atoms with Gasteiger partial charge in [0.15, 0.2) is 0 Å². The molecule has 0 radical (unpaired) electrons. The minimum atomic E-state index is 0.722. The van der Waals surface area contributed by atoms with Crippen molar-refractivity contribution in [2.45, 2.75) is 6.92 Å². The van der Waals surface area contributed by atoms with Crippen LogP contribution in [0.25, 0.3) is 27.5 Å². The minimum Gasteiger partial charge on any atom is -0.309 e. The van der Waals surface area contributed by atoms with E-state index in [4.69, 9.17) is 0 Å². The van der Waals surface area contributed by atoms with Gasteiger partial charge >= 0.3 is 0 Å². The van der Waals surface area contributed by atoms with Gasteiger partial charge in [-0.1, -0.05) is 36.4 Å². The summed E-state index contributed by atoms with van der Waals surface area (Å²) >= 11 is 0. The van der Waals surface area contributed by atoms with Crippen LogP contribution >= 0.6 is 0 Å². The molecule has 0 saturated carbocycles. The Hall–Kier alpha value is -3.05. The third-order valence-corrected chi connectivity index (χ3v) is 4.08. The van der Waals surface area contributed by atoms with Crippen LogP contribution in [-0.4, -0.2) is 4.57 Å². The van der Waals surface area contributed by atoms with Gasteiger partial charge in [0.1, 0.15) is 0 Å². The fourth-order valence-corrected chi connectivity index (χ4v) is 3.16. The van der Waals surface area contributed by atoms with Crippen LogP contribution in [0.1, 0.15) is 11.1 Å². The third kappa shape index (κ3) is 1.73. The second-order valence-electron chi connectivity index (χ2n) is 5.50. The smallest absolute Gasteiger partial charge is 0.0998 e. The summed E-state index contributed by atoms with van der Waals surface area (Å²) in [5.74, 6) is 0. The van der Waals surface area contributed by atoms with Gasteiger partial charge in [-0.15, -0.1) is 0 Å². The maximum Gasteiger partial charge on any atom is 0.0998 e. The molecule has 0 bridgehead atoms. The Bertz CT molecular complexity index is 1050. The molecule has 4 rings (SSSR count). The molecular weight excluding hydrogens is 268 g/mol. The minimum absolute atomic E-state index is 0.722. The standard InChI is InChI=1S/C20H14N2/c1-14-6-4-8-16(12-14)22-18-10-3-2-9-17(18)20-15(13-21)7-5-11-19(20)22/h2-12H,1H3. The van der Waals surface area contributed by atoms with E-state index in [-0.39, 0.29) is 0 Å². The van der Waals surface area contributed by atoms with Gasteiger partial charge in [-0.05, 0) is 42.8 Å². The van der Waals surface area contributed by atoms with Gasteiger partial charge in [0.05, 0.1) is 22.7 Å². The Labute approximate surface area is 128 Å². The van der Waals surface area contributed by atoms with Crippen molar-refractivity contribution in [3.63, 3.8) is 0 Å². The molecule has 0 saturated heterocycles. The fraction of sp³-hybridized carbons (Fsp3) is 0.0500. The summed E-state index contributed by atoms with van der Waals surface area (Å²) in [6, 6.07) is 24.9. The van der Waals surface area contributed by atoms with Crippen LogP contribution in [0, 0.1) is 18.3 Å². The Morgan fingerprint density at radius 1 is 0.864 bits per heavy atom. The summed E-state index contributed by atoms with van der Waals surface area (Å²) in [6.07, 6.45) is 0. The molecule has 2 heteroatoms. The molecule has 1 heterocycles. The first-order chi connectivity index (χ1) is 10.8. The van der Waals surface area contributed by atoms with E-state index in [0.29, 0.717) is 0 Å². The van der Waals surface area contributed by atoms with Crippen molar-refractivity contribution in [2.24, 2.45) is 0 Å². The maximum absolute atomic E-state index is 9.46. The molecule has 3 aromatic carbocycles. The zero-order valence-corrected chi connectivity index (χ0v) is 12.2. The number of rotatable bonds is 1. The van der Waals surface area contributed by atoms with Crippen molar-refractivity contribution in [3.05, 3.63) is 77.9 Å². The van der Waals surface area contributed by atoms with Crippen molar-refractivity contribution in [1.82, 2.24) is 4.57 Å². The molecule has 0 aliphatic carbocycles. The van der Waals surface area contributed by atoms with Crippen LogP contribution < -0.4 is 0 Å². The van der Waals surface area contributed by atoms with Gasteiger partial charge in [0.25, 0.3) is 0 Å². The van der Waals surface area contributed by atoms with E-state index in [0.717, 1.165) is 33.1 Å². The normalized spacial score (nSPS) is 10.9. The molecule has 0 amide bonds. The fourth-order valence-electron chi connectivity index (χ4n) is 3.16. The van der Waals surface area contributed by atoms with Crippen LogP contribution in [0.2, 0.25) is 0 Å². The molecular formula is C20H14N2. The Morgan fingerprint density at radius 3 is 2.45 bits per heavy atom. The quantitative estimate of drug-likeness (QED) is 0.485. The summed E-state index contributed by atoms with van der Waals surface area (Å²) in [4.78, 5) is 0. The Kier molecular flexibility index (Phi) is 2.74. The van der Waals surface area contributed by atoms with Gasteiger partial charge in [-0.25, -0.2) is 0 Å². The lowest BCUT2D eigenvalue weighted by Gasteiger charge is -2.08. The van der Waals surface area contributed by atoms with Crippen molar-refractivity contribution in [3.8, 4) is 11.8 Å². The van der Waals surface area contributed by atoms with Crippen molar-refractivity contribution < 1.29 is 0 Å². The molecule has 0 spiro atoms. The number of hydrogen-bond acceptors (Lipinski definition) is 1. The van der Waals surface area contributed by atoms with Crippen molar-refractivity contribution in [2.75, 3.05) is 0 Å². The zero-order chi connectivity index (χ0) is 15.1. The van der Waals surface area contributed by atoms with E-state index in [9.17, 15) is 5.26 Å². The molecule has 0 fully saturated rings. The number of hydrogen-bond donors (Lipinski definition) is 0. The molecule has 0 aliphatic heterocycles. The molecule has 1 aromatic heterocycles. The average Bonchev–Trinajstić information content (AvgIpc) is 2.89. The lowest BCUT2D eigenvalue weighted by molar-refractivity contribution is 1.17. The molecule has 4 aromatic rings. The predicted molar refractivity (Wildman–Crippen MR) is 90.2 cm³/mol. The SMILES string of the molecule is Cc1cccc(-n2c3ccccc3c3c(C#N)cccc32)c1.